The predicted molar refractivity (Wildman–Crippen MR) is 121 cm³/mol. The second-order valence-electron chi connectivity index (χ2n) is 7.27. The Bertz CT molecular complexity index is 1180. The van der Waals surface area contributed by atoms with Crippen LogP contribution in [0.4, 0.5) is 10.1 Å². The first kappa shape index (κ1) is 22.1. The highest BCUT2D eigenvalue weighted by Gasteiger charge is 2.44. The molecular formula is C23H20ClFN2O4S. The lowest BCUT2D eigenvalue weighted by Gasteiger charge is -2.39. The van der Waals surface area contributed by atoms with Crippen LogP contribution in [0.15, 0.2) is 47.8 Å². The fraction of sp³-hybridized carbons (Fsp3) is 0.217. The molecule has 0 fully saturated rings. The molecule has 6 nitrogen and oxygen atoms in total. The Morgan fingerprint density at radius 1 is 1.16 bits per heavy atom. The van der Waals surface area contributed by atoms with Crippen LogP contribution in [0.5, 0.6) is 11.5 Å². The molecule has 1 aliphatic heterocycles. The molecule has 2 atom stereocenters. The molecule has 166 valence electrons. The van der Waals surface area contributed by atoms with Crippen LogP contribution in [-0.2, 0) is 4.79 Å². The Morgan fingerprint density at radius 3 is 2.50 bits per heavy atom. The highest BCUT2D eigenvalue weighted by atomic mass is 35.5. The van der Waals surface area contributed by atoms with Crippen molar-refractivity contribution in [3.8, 4) is 11.5 Å². The van der Waals surface area contributed by atoms with Crippen LogP contribution in [0.25, 0.3) is 0 Å². The van der Waals surface area contributed by atoms with Gasteiger partial charge in [0.05, 0.1) is 31.2 Å². The highest BCUT2D eigenvalue weighted by Crippen LogP contribution is 2.46. The second-order valence-corrected chi connectivity index (χ2v) is 8.65. The number of nitrogens with zero attached hydrogens (tertiary/aromatic N) is 1. The summed E-state index contributed by atoms with van der Waals surface area (Å²) in [5.74, 6) is -1.11. The standard InChI is InChI=1S/C23H20ClFN2O4S/c1-27-21(19-5-4-8-32-19)20(22(28)26-12-6-7-16(25)15(24)9-12)13-10-17(30-2)18(31-3)11-14(13)23(27)29/h4-11,20-21H,1-3H3,(H,26,28). The molecule has 2 heterocycles. The third-order valence-corrected chi connectivity index (χ3v) is 6.71. The SMILES string of the molecule is COc1cc2c(cc1OC)C(C(=O)Nc1ccc(F)c(Cl)c1)C(c1cccs1)N(C)C2=O. The summed E-state index contributed by atoms with van der Waals surface area (Å²) < 4.78 is 24.4. The zero-order valence-corrected chi connectivity index (χ0v) is 19.1. The van der Waals surface area contributed by atoms with Gasteiger partial charge in [-0.15, -0.1) is 11.3 Å². The number of fused-ring (bicyclic) bond motifs is 1. The Morgan fingerprint density at radius 2 is 1.88 bits per heavy atom. The summed E-state index contributed by atoms with van der Waals surface area (Å²) in [6, 6.07) is 10.5. The van der Waals surface area contributed by atoms with E-state index in [1.165, 1.54) is 43.8 Å². The number of rotatable bonds is 5. The Balaban J connectivity index is 1.85. The maximum atomic E-state index is 13.6. The van der Waals surface area contributed by atoms with Crippen LogP contribution in [-0.4, -0.2) is 38.0 Å². The molecule has 0 radical (unpaired) electrons. The van der Waals surface area contributed by atoms with Gasteiger partial charge in [-0.1, -0.05) is 17.7 Å². The molecule has 3 aromatic rings. The average molecular weight is 475 g/mol. The van der Waals surface area contributed by atoms with Gasteiger partial charge in [-0.05, 0) is 47.3 Å². The molecule has 1 aromatic heterocycles. The fourth-order valence-electron chi connectivity index (χ4n) is 3.94. The van der Waals surface area contributed by atoms with Crippen molar-refractivity contribution in [3.05, 3.63) is 74.7 Å². The largest absolute Gasteiger partial charge is 0.493 e. The molecule has 0 bridgehead atoms. The molecule has 1 N–H and O–H groups in total. The van der Waals surface area contributed by atoms with Crippen LogP contribution >= 0.6 is 22.9 Å². The minimum atomic E-state index is -0.755. The number of benzene rings is 2. The molecule has 1 aliphatic rings. The van der Waals surface area contributed by atoms with Crippen molar-refractivity contribution >= 4 is 40.4 Å². The summed E-state index contributed by atoms with van der Waals surface area (Å²) in [5.41, 5.74) is 1.23. The van der Waals surface area contributed by atoms with Crippen LogP contribution in [0.2, 0.25) is 5.02 Å². The molecule has 9 heteroatoms. The molecular weight excluding hydrogens is 455 g/mol. The van der Waals surface area contributed by atoms with Crippen molar-refractivity contribution in [2.45, 2.75) is 12.0 Å². The van der Waals surface area contributed by atoms with Gasteiger partial charge in [0.2, 0.25) is 5.91 Å². The zero-order valence-electron chi connectivity index (χ0n) is 17.5. The van der Waals surface area contributed by atoms with Gasteiger partial charge in [0.25, 0.3) is 5.91 Å². The van der Waals surface area contributed by atoms with Crippen LogP contribution < -0.4 is 14.8 Å². The van der Waals surface area contributed by atoms with Gasteiger partial charge < -0.3 is 19.7 Å². The summed E-state index contributed by atoms with van der Waals surface area (Å²) in [6.07, 6.45) is 0. The number of ether oxygens (including phenoxy) is 2. The van der Waals surface area contributed by atoms with Crippen LogP contribution in [0.1, 0.15) is 32.8 Å². The lowest BCUT2D eigenvalue weighted by molar-refractivity contribution is -0.119. The Kier molecular flexibility index (Phi) is 6.08. The lowest BCUT2D eigenvalue weighted by atomic mass is 9.81. The van der Waals surface area contributed by atoms with Gasteiger partial charge in [-0.3, -0.25) is 9.59 Å². The first-order valence-corrected chi connectivity index (χ1v) is 10.9. The van der Waals surface area contributed by atoms with Gasteiger partial charge in [-0.2, -0.15) is 0 Å². The van der Waals surface area contributed by atoms with Crippen molar-refractivity contribution in [1.82, 2.24) is 4.90 Å². The summed E-state index contributed by atoms with van der Waals surface area (Å²) in [5, 5.41) is 4.62. The molecule has 2 amide bonds. The number of thiophene rings is 1. The fourth-order valence-corrected chi connectivity index (χ4v) is 5.03. The Labute approximate surface area is 193 Å². The quantitative estimate of drug-likeness (QED) is 0.558. The van der Waals surface area contributed by atoms with Crippen molar-refractivity contribution in [2.24, 2.45) is 0 Å². The van der Waals surface area contributed by atoms with E-state index in [1.807, 2.05) is 17.5 Å². The molecule has 2 aromatic carbocycles. The normalized spacial score (nSPS) is 17.7. The van der Waals surface area contributed by atoms with Gasteiger partial charge in [-0.25, -0.2) is 4.39 Å². The maximum absolute atomic E-state index is 13.6. The highest BCUT2D eigenvalue weighted by molar-refractivity contribution is 7.10. The number of anilines is 1. The van der Waals surface area contributed by atoms with Crippen molar-refractivity contribution < 1.29 is 23.5 Å². The van der Waals surface area contributed by atoms with E-state index in [0.717, 1.165) is 4.88 Å². The minimum absolute atomic E-state index is 0.0969. The molecule has 0 aliphatic carbocycles. The molecule has 0 saturated carbocycles. The maximum Gasteiger partial charge on any atom is 0.254 e. The third-order valence-electron chi connectivity index (χ3n) is 5.48. The van der Waals surface area contributed by atoms with E-state index in [9.17, 15) is 14.0 Å². The predicted octanol–water partition coefficient (Wildman–Crippen LogP) is 5.11. The number of hydrogen-bond donors (Lipinski definition) is 1. The number of carbonyl (C=O) groups is 2. The van der Waals surface area contributed by atoms with Crippen molar-refractivity contribution in [1.29, 1.82) is 0 Å². The molecule has 0 saturated heterocycles. The molecule has 4 rings (SSSR count). The smallest absolute Gasteiger partial charge is 0.254 e. The number of likely N-dealkylation sites (N-methyl/N-ethyl adjacent to an activating group) is 1. The van der Waals surface area contributed by atoms with E-state index in [-0.39, 0.29) is 16.8 Å². The molecule has 0 spiro atoms. The zero-order chi connectivity index (χ0) is 23.0. The second kappa shape index (κ2) is 8.80. The third kappa shape index (κ3) is 3.80. The number of halogens is 2. The van der Waals surface area contributed by atoms with Crippen molar-refractivity contribution in [3.63, 3.8) is 0 Å². The van der Waals surface area contributed by atoms with E-state index < -0.39 is 17.8 Å². The number of nitrogens with one attached hydrogen (secondary N) is 1. The summed E-state index contributed by atoms with van der Waals surface area (Å²) in [6.45, 7) is 0. The number of carbonyl (C=O) groups excluding carboxylic acids is 2. The summed E-state index contributed by atoms with van der Waals surface area (Å²) in [4.78, 5) is 29.2. The van der Waals surface area contributed by atoms with Gasteiger partial charge in [0.1, 0.15) is 5.82 Å². The van der Waals surface area contributed by atoms with Crippen LogP contribution in [0, 0.1) is 5.82 Å². The molecule has 2 unspecified atom stereocenters. The Hall–Kier alpha value is -3.10. The summed E-state index contributed by atoms with van der Waals surface area (Å²) in [7, 11) is 4.65. The van der Waals surface area contributed by atoms with Gasteiger partial charge >= 0.3 is 0 Å². The van der Waals surface area contributed by atoms with Crippen molar-refractivity contribution in [2.75, 3.05) is 26.6 Å². The lowest BCUT2D eigenvalue weighted by Crippen LogP contribution is -2.43. The summed E-state index contributed by atoms with van der Waals surface area (Å²) >= 11 is 7.34. The number of hydrogen-bond acceptors (Lipinski definition) is 5. The van der Waals surface area contributed by atoms with Gasteiger partial charge in [0.15, 0.2) is 11.5 Å². The van der Waals surface area contributed by atoms with E-state index in [0.29, 0.717) is 28.3 Å². The minimum Gasteiger partial charge on any atom is -0.493 e. The van der Waals surface area contributed by atoms with E-state index >= 15 is 0 Å². The van der Waals surface area contributed by atoms with E-state index in [1.54, 1.807) is 24.1 Å². The van der Waals surface area contributed by atoms with E-state index in [4.69, 9.17) is 21.1 Å². The first-order valence-electron chi connectivity index (χ1n) is 9.68. The first-order chi connectivity index (χ1) is 15.3. The topological polar surface area (TPSA) is 67.9 Å². The monoisotopic (exact) mass is 474 g/mol. The number of amides is 2. The molecule has 32 heavy (non-hydrogen) atoms. The van der Waals surface area contributed by atoms with Gasteiger partial charge in [0, 0.05) is 23.2 Å². The van der Waals surface area contributed by atoms with Crippen LogP contribution in [0.3, 0.4) is 0 Å². The average Bonchev–Trinajstić information content (AvgIpc) is 3.32. The van der Waals surface area contributed by atoms with E-state index in [2.05, 4.69) is 5.32 Å². The number of methoxy groups -OCH3 is 2.